The maximum atomic E-state index is 5.11. The second-order valence-electron chi connectivity index (χ2n) is 6.04. The van der Waals surface area contributed by atoms with Crippen LogP contribution in [0.4, 0.5) is 0 Å². The fourth-order valence-electron chi connectivity index (χ4n) is 3.06. The molecule has 0 saturated carbocycles. The maximum Gasteiger partial charge on any atom is 0.162 e. The van der Waals surface area contributed by atoms with E-state index in [0.29, 0.717) is 6.61 Å². The van der Waals surface area contributed by atoms with Crippen LogP contribution in [0.15, 0.2) is 55.1 Å². The van der Waals surface area contributed by atoms with Crippen molar-refractivity contribution in [2.75, 3.05) is 13.7 Å². The summed E-state index contributed by atoms with van der Waals surface area (Å²) in [7, 11) is 1.70. The first kappa shape index (κ1) is 16.4. The van der Waals surface area contributed by atoms with Gasteiger partial charge in [-0.1, -0.05) is 0 Å². The highest BCUT2D eigenvalue weighted by Crippen LogP contribution is 2.29. The number of methoxy groups -OCH3 is 1. The van der Waals surface area contributed by atoms with Crippen LogP contribution in [-0.2, 0) is 11.2 Å². The summed E-state index contributed by atoms with van der Waals surface area (Å²) < 4.78 is 7.00. The van der Waals surface area contributed by atoms with Gasteiger partial charge in [0.2, 0.25) is 0 Å². The van der Waals surface area contributed by atoms with E-state index in [2.05, 4.69) is 21.1 Å². The van der Waals surface area contributed by atoms with Gasteiger partial charge in [0.1, 0.15) is 0 Å². The third-order valence-corrected chi connectivity index (χ3v) is 4.34. The van der Waals surface area contributed by atoms with Crippen LogP contribution < -0.4 is 0 Å². The summed E-state index contributed by atoms with van der Waals surface area (Å²) in [4.78, 5) is 13.4. The topological polar surface area (TPSA) is 65.2 Å². The van der Waals surface area contributed by atoms with E-state index in [-0.39, 0.29) is 0 Å². The molecule has 26 heavy (non-hydrogen) atoms. The van der Waals surface area contributed by atoms with Crippen molar-refractivity contribution in [2.45, 2.75) is 13.3 Å². The smallest absolute Gasteiger partial charge is 0.162 e. The summed E-state index contributed by atoms with van der Waals surface area (Å²) in [5.74, 6) is 0. The van der Waals surface area contributed by atoms with Gasteiger partial charge in [-0.25, -0.2) is 9.50 Å². The maximum absolute atomic E-state index is 5.11. The molecule has 0 bridgehead atoms. The molecule has 0 saturated heterocycles. The fraction of sp³-hybridized carbons (Fsp3) is 0.200. The van der Waals surface area contributed by atoms with Gasteiger partial charge in [0.25, 0.3) is 0 Å². The van der Waals surface area contributed by atoms with E-state index < -0.39 is 0 Å². The van der Waals surface area contributed by atoms with Crippen molar-refractivity contribution in [3.8, 4) is 22.4 Å². The van der Waals surface area contributed by atoms with E-state index in [4.69, 9.17) is 9.72 Å². The van der Waals surface area contributed by atoms with Gasteiger partial charge in [-0.3, -0.25) is 9.97 Å². The summed E-state index contributed by atoms with van der Waals surface area (Å²) in [6, 6.07) is 10.0. The monoisotopic (exact) mass is 345 g/mol. The Morgan fingerprint density at radius 3 is 2.58 bits per heavy atom. The van der Waals surface area contributed by atoms with Gasteiger partial charge >= 0.3 is 0 Å². The van der Waals surface area contributed by atoms with Gasteiger partial charge in [0, 0.05) is 55.1 Å². The standard InChI is InChI=1S/C20H19N5O/c1-14-19(16-3-4-17(22-13-16)8-12-26-2)25-20(24-14)18(7-11-23-25)15-5-9-21-10-6-15/h3-7,9-11,13H,8,12H2,1-2H3. The van der Waals surface area contributed by atoms with E-state index in [1.807, 2.05) is 41.9 Å². The zero-order valence-electron chi connectivity index (χ0n) is 14.8. The first-order valence-electron chi connectivity index (χ1n) is 8.47. The number of fused-ring (bicyclic) bond motifs is 1. The third-order valence-electron chi connectivity index (χ3n) is 4.34. The number of imidazole rings is 1. The van der Waals surface area contributed by atoms with Crippen LogP contribution in [0.5, 0.6) is 0 Å². The number of ether oxygens (including phenoxy) is 1. The summed E-state index contributed by atoms with van der Waals surface area (Å²) in [5.41, 5.74) is 6.81. The zero-order chi connectivity index (χ0) is 17.9. The molecular formula is C20H19N5O. The number of rotatable bonds is 5. The number of nitrogens with zero attached hydrogens (tertiary/aromatic N) is 5. The van der Waals surface area contributed by atoms with Gasteiger partial charge in [-0.15, -0.1) is 0 Å². The molecular weight excluding hydrogens is 326 g/mol. The van der Waals surface area contributed by atoms with Crippen molar-refractivity contribution in [2.24, 2.45) is 0 Å². The molecule has 0 aliphatic heterocycles. The molecule has 0 fully saturated rings. The van der Waals surface area contributed by atoms with Crippen LogP contribution in [0.25, 0.3) is 28.0 Å². The Kier molecular flexibility index (Phi) is 4.41. The van der Waals surface area contributed by atoms with Crippen molar-refractivity contribution in [1.82, 2.24) is 24.6 Å². The van der Waals surface area contributed by atoms with Crippen LogP contribution in [0, 0.1) is 6.92 Å². The Morgan fingerprint density at radius 1 is 1.00 bits per heavy atom. The van der Waals surface area contributed by atoms with Crippen molar-refractivity contribution in [1.29, 1.82) is 0 Å². The van der Waals surface area contributed by atoms with E-state index in [0.717, 1.165) is 45.8 Å². The Hall–Kier alpha value is -3.12. The number of hydrogen-bond donors (Lipinski definition) is 0. The molecule has 6 nitrogen and oxygen atoms in total. The Balaban J connectivity index is 1.80. The number of aromatic nitrogens is 5. The first-order chi connectivity index (χ1) is 12.8. The van der Waals surface area contributed by atoms with Gasteiger partial charge in [0.15, 0.2) is 5.65 Å². The minimum atomic E-state index is 0.665. The Labute approximate surface area is 151 Å². The lowest BCUT2D eigenvalue weighted by Crippen LogP contribution is -1.99. The van der Waals surface area contributed by atoms with E-state index in [9.17, 15) is 0 Å². The molecule has 0 amide bonds. The zero-order valence-corrected chi connectivity index (χ0v) is 14.8. The van der Waals surface area contributed by atoms with Crippen molar-refractivity contribution >= 4 is 5.65 Å². The number of aryl methyl sites for hydroxylation is 1. The molecule has 0 aromatic carbocycles. The highest BCUT2D eigenvalue weighted by atomic mass is 16.5. The predicted molar refractivity (Wildman–Crippen MR) is 99.8 cm³/mol. The quantitative estimate of drug-likeness (QED) is 0.555. The summed E-state index contributed by atoms with van der Waals surface area (Å²) in [6.07, 6.45) is 8.04. The van der Waals surface area contributed by atoms with Gasteiger partial charge in [-0.2, -0.15) is 5.10 Å². The molecule has 0 radical (unpaired) electrons. The SMILES string of the molecule is COCCc1ccc(-c2c(C)nc3c(-c4ccncc4)ccnn23)cn1. The van der Waals surface area contributed by atoms with Crippen LogP contribution in [0.3, 0.4) is 0 Å². The lowest BCUT2D eigenvalue weighted by Gasteiger charge is -2.06. The lowest BCUT2D eigenvalue weighted by atomic mass is 10.1. The van der Waals surface area contributed by atoms with Crippen LogP contribution in [-0.4, -0.2) is 38.3 Å². The number of hydrogen-bond acceptors (Lipinski definition) is 5. The predicted octanol–water partition coefficient (Wildman–Crippen LogP) is 3.35. The molecule has 0 spiro atoms. The first-order valence-corrected chi connectivity index (χ1v) is 8.47. The Bertz CT molecular complexity index is 1030. The van der Waals surface area contributed by atoms with Gasteiger partial charge < -0.3 is 4.74 Å². The third kappa shape index (κ3) is 2.95. The molecule has 0 aliphatic rings. The van der Waals surface area contributed by atoms with E-state index in [1.165, 1.54) is 0 Å². The van der Waals surface area contributed by atoms with E-state index >= 15 is 0 Å². The minimum absolute atomic E-state index is 0.665. The summed E-state index contributed by atoms with van der Waals surface area (Å²) in [5, 5.41) is 4.53. The highest BCUT2D eigenvalue weighted by Gasteiger charge is 2.15. The molecule has 4 aromatic rings. The molecule has 0 atom stereocenters. The van der Waals surface area contributed by atoms with Crippen LogP contribution >= 0.6 is 0 Å². The molecule has 0 aliphatic carbocycles. The highest BCUT2D eigenvalue weighted by molar-refractivity contribution is 5.80. The van der Waals surface area contributed by atoms with Crippen LogP contribution in [0.1, 0.15) is 11.4 Å². The van der Waals surface area contributed by atoms with E-state index in [1.54, 1.807) is 25.7 Å². The Morgan fingerprint density at radius 2 is 1.85 bits per heavy atom. The number of pyridine rings is 2. The second kappa shape index (κ2) is 7.01. The summed E-state index contributed by atoms with van der Waals surface area (Å²) in [6.45, 7) is 2.66. The van der Waals surface area contributed by atoms with Crippen molar-refractivity contribution in [3.05, 3.63) is 66.5 Å². The van der Waals surface area contributed by atoms with Gasteiger partial charge in [-0.05, 0) is 42.8 Å². The molecule has 4 heterocycles. The summed E-state index contributed by atoms with van der Waals surface area (Å²) >= 11 is 0. The largest absolute Gasteiger partial charge is 0.384 e. The molecule has 130 valence electrons. The van der Waals surface area contributed by atoms with Crippen LogP contribution in [0.2, 0.25) is 0 Å². The molecule has 0 N–H and O–H groups in total. The molecule has 4 aromatic heterocycles. The fourth-order valence-corrected chi connectivity index (χ4v) is 3.06. The lowest BCUT2D eigenvalue weighted by molar-refractivity contribution is 0.201. The molecule has 6 heteroatoms. The normalized spacial score (nSPS) is 11.2. The average molecular weight is 345 g/mol. The minimum Gasteiger partial charge on any atom is -0.384 e. The average Bonchev–Trinajstić information content (AvgIpc) is 3.03. The second-order valence-corrected chi connectivity index (χ2v) is 6.04. The molecule has 0 unspecified atom stereocenters. The van der Waals surface area contributed by atoms with Crippen molar-refractivity contribution in [3.63, 3.8) is 0 Å². The van der Waals surface area contributed by atoms with Crippen molar-refractivity contribution < 1.29 is 4.74 Å². The van der Waals surface area contributed by atoms with Gasteiger partial charge in [0.05, 0.1) is 18.0 Å². The molecule has 4 rings (SSSR count).